The predicted octanol–water partition coefficient (Wildman–Crippen LogP) is 2.04. The number of rotatable bonds is 2. The van der Waals surface area contributed by atoms with E-state index in [9.17, 15) is 0 Å². The molecule has 0 amide bonds. The van der Waals surface area contributed by atoms with Crippen LogP contribution in [0.5, 0.6) is 0 Å². The molecule has 84 valence electrons. The highest BCUT2D eigenvalue weighted by molar-refractivity contribution is 7.11. The van der Waals surface area contributed by atoms with Gasteiger partial charge >= 0.3 is 0 Å². The van der Waals surface area contributed by atoms with E-state index >= 15 is 0 Å². The second-order valence-electron chi connectivity index (χ2n) is 3.92. The lowest BCUT2D eigenvalue weighted by atomic mass is 10.4. The first-order chi connectivity index (χ1) is 7.00. The van der Waals surface area contributed by atoms with E-state index in [1.54, 1.807) is 0 Å². The maximum atomic E-state index is 4.59. The molecule has 1 rings (SSSR count). The molecule has 0 fully saturated rings. The van der Waals surface area contributed by atoms with Gasteiger partial charge in [-0.15, -0.1) is 11.3 Å². The van der Waals surface area contributed by atoms with Crippen molar-refractivity contribution in [3.8, 4) is 0 Å². The van der Waals surface area contributed by atoms with Crippen molar-refractivity contribution in [3.05, 3.63) is 21.9 Å². The molecule has 1 heterocycles. The van der Waals surface area contributed by atoms with Gasteiger partial charge in [0.1, 0.15) is 0 Å². The average Bonchev–Trinajstić information content (AvgIpc) is 2.50. The lowest BCUT2D eigenvalue weighted by Crippen LogP contribution is -2.35. The Morgan fingerprint density at radius 3 is 2.20 bits per heavy atom. The van der Waals surface area contributed by atoms with Crippen molar-refractivity contribution in [2.24, 2.45) is 4.99 Å². The minimum atomic E-state index is 0.768. The van der Waals surface area contributed by atoms with Crippen LogP contribution in [0.1, 0.15) is 9.75 Å². The molecule has 0 aliphatic rings. The van der Waals surface area contributed by atoms with Crippen LogP contribution in [0.15, 0.2) is 17.1 Å². The Morgan fingerprint density at radius 2 is 1.80 bits per heavy atom. The second kappa shape index (κ2) is 5.16. The highest BCUT2D eigenvalue weighted by Crippen LogP contribution is 2.15. The fourth-order valence-electron chi connectivity index (χ4n) is 1.40. The fourth-order valence-corrected chi connectivity index (χ4v) is 2.22. The molecular weight excluding hydrogens is 206 g/mol. The van der Waals surface area contributed by atoms with E-state index in [1.165, 1.54) is 9.75 Å². The zero-order valence-corrected chi connectivity index (χ0v) is 10.9. The molecule has 0 bridgehead atoms. The number of guanidine groups is 1. The van der Waals surface area contributed by atoms with Gasteiger partial charge in [-0.2, -0.15) is 0 Å². The SMILES string of the molecule is Cc1ccc(CN=C(N(C)C)N(C)C)s1. The van der Waals surface area contributed by atoms with Gasteiger partial charge in [0, 0.05) is 37.9 Å². The van der Waals surface area contributed by atoms with Crippen molar-refractivity contribution in [1.29, 1.82) is 0 Å². The molecular formula is C11H19N3S. The summed E-state index contributed by atoms with van der Waals surface area (Å²) in [4.78, 5) is 11.3. The summed E-state index contributed by atoms with van der Waals surface area (Å²) in [6, 6.07) is 4.28. The second-order valence-corrected chi connectivity index (χ2v) is 5.29. The molecule has 1 aromatic rings. The van der Waals surface area contributed by atoms with Gasteiger partial charge in [0.15, 0.2) is 5.96 Å². The van der Waals surface area contributed by atoms with Crippen LogP contribution in [0.25, 0.3) is 0 Å². The summed E-state index contributed by atoms with van der Waals surface area (Å²) in [7, 11) is 8.05. The Bertz CT molecular complexity index is 329. The molecule has 0 unspecified atom stereocenters. The third-order valence-electron chi connectivity index (χ3n) is 1.97. The van der Waals surface area contributed by atoms with Crippen molar-refractivity contribution >= 4 is 17.3 Å². The molecule has 0 radical (unpaired) electrons. The zero-order valence-electron chi connectivity index (χ0n) is 10.1. The maximum Gasteiger partial charge on any atom is 0.195 e. The first-order valence-electron chi connectivity index (χ1n) is 4.95. The first kappa shape index (κ1) is 12.0. The lowest BCUT2D eigenvalue weighted by Gasteiger charge is -2.22. The molecule has 0 spiro atoms. The van der Waals surface area contributed by atoms with Crippen LogP contribution in [0, 0.1) is 6.92 Å². The molecule has 15 heavy (non-hydrogen) atoms. The van der Waals surface area contributed by atoms with Crippen molar-refractivity contribution in [3.63, 3.8) is 0 Å². The van der Waals surface area contributed by atoms with Crippen LogP contribution >= 0.6 is 11.3 Å². The number of hydrogen-bond acceptors (Lipinski definition) is 2. The third kappa shape index (κ3) is 3.55. The van der Waals surface area contributed by atoms with Gasteiger partial charge in [-0.25, -0.2) is 4.99 Å². The summed E-state index contributed by atoms with van der Waals surface area (Å²) in [6.45, 7) is 2.89. The Balaban J connectivity index is 2.69. The van der Waals surface area contributed by atoms with Crippen LogP contribution in [0.4, 0.5) is 0 Å². The standard InChI is InChI=1S/C11H19N3S/c1-9-6-7-10(15-9)8-12-11(13(2)3)14(4)5/h6-7H,8H2,1-5H3. The van der Waals surface area contributed by atoms with E-state index in [2.05, 4.69) is 24.0 Å². The van der Waals surface area contributed by atoms with Gasteiger partial charge in [0.25, 0.3) is 0 Å². The number of aryl methyl sites for hydroxylation is 1. The van der Waals surface area contributed by atoms with Gasteiger partial charge < -0.3 is 9.80 Å². The molecule has 4 heteroatoms. The summed E-state index contributed by atoms with van der Waals surface area (Å²) in [5, 5.41) is 0. The van der Waals surface area contributed by atoms with Crippen molar-refractivity contribution < 1.29 is 0 Å². The Kier molecular flexibility index (Phi) is 4.15. The van der Waals surface area contributed by atoms with E-state index in [1.807, 2.05) is 49.3 Å². The van der Waals surface area contributed by atoms with Gasteiger partial charge in [-0.1, -0.05) is 0 Å². The first-order valence-corrected chi connectivity index (χ1v) is 5.76. The molecule has 0 aliphatic carbocycles. The van der Waals surface area contributed by atoms with Gasteiger partial charge in [0.2, 0.25) is 0 Å². The number of hydrogen-bond donors (Lipinski definition) is 0. The molecule has 0 saturated heterocycles. The van der Waals surface area contributed by atoms with Crippen molar-refractivity contribution in [2.45, 2.75) is 13.5 Å². The monoisotopic (exact) mass is 225 g/mol. The smallest absolute Gasteiger partial charge is 0.195 e. The highest BCUT2D eigenvalue weighted by Gasteiger charge is 2.04. The molecule has 3 nitrogen and oxygen atoms in total. The van der Waals surface area contributed by atoms with Crippen molar-refractivity contribution in [2.75, 3.05) is 28.2 Å². The highest BCUT2D eigenvalue weighted by atomic mass is 32.1. The minimum absolute atomic E-state index is 0.768. The summed E-state index contributed by atoms with van der Waals surface area (Å²) >= 11 is 1.81. The Labute approximate surface area is 96.0 Å². The quantitative estimate of drug-likeness (QED) is 0.566. The van der Waals surface area contributed by atoms with Gasteiger partial charge in [-0.05, 0) is 19.1 Å². The van der Waals surface area contributed by atoms with Crippen LogP contribution in [0.3, 0.4) is 0 Å². The summed E-state index contributed by atoms with van der Waals surface area (Å²) in [6.07, 6.45) is 0. The summed E-state index contributed by atoms with van der Waals surface area (Å²) < 4.78 is 0. The molecule has 0 aromatic carbocycles. The van der Waals surface area contributed by atoms with Gasteiger partial charge in [0.05, 0.1) is 6.54 Å². The molecule has 0 saturated carbocycles. The molecule has 0 aliphatic heterocycles. The number of aliphatic imine (C=N–C) groups is 1. The van der Waals surface area contributed by atoms with Crippen LogP contribution in [-0.2, 0) is 6.54 Å². The van der Waals surface area contributed by atoms with Crippen LogP contribution in [-0.4, -0.2) is 44.0 Å². The average molecular weight is 225 g/mol. The Hall–Kier alpha value is -1.03. The van der Waals surface area contributed by atoms with E-state index in [0.717, 1.165) is 12.5 Å². The third-order valence-corrected chi connectivity index (χ3v) is 2.96. The Morgan fingerprint density at radius 1 is 1.20 bits per heavy atom. The predicted molar refractivity (Wildman–Crippen MR) is 67.6 cm³/mol. The summed E-state index contributed by atoms with van der Waals surface area (Å²) in [5.74, 6) is 1.00. The van der Waals surface area contributed by atoms with E-state index in [-0.39, 0.29) is 0 Å². The largest absolute Gasteiger partial charge is 0.349 e. The minimum Gasteiger partial charge on any atom is -0.349 e. The van der Waals surface area contributed by atoms with E-state index in [4.69, 9.17) is 0 Å². The van der Waals surface area contributed by atoms with Crippen molar-refractivity contribution in [1.82, 2.24) is 9.80 Å². The van der Waals surface area contributed by atoms with Gasteiger partial charge in [-0.3, -0.25) is 0 Å². The number of nitrogens with zero attached hydrogens (tertiary/aromatic N) is 3. The topological polar surface area (TPSA) is 18.8 Å². The lowest BCUT2D eigenvalue weighted by molar-refractivity contribution is 0.479. The maximum absolute atomic E-state index is 4.59. The fraction of sp³-hybridized carbons (Fsp3) is 0.545. The zero-order chi connectivity index (χ0) is 11.4. The molecule has 0 N–H and O–H groups in total. The van der Waals surface area contributed by atoms with E-state index < -0.39 is 0 Å². The number of thiophene rings is 1. The summed E-state index contributed by atoms with van der Waals surface area (Å²) in [5.41, 5.74) is 0. The molecule has 1 aromatic heterocycles. The van der Waals surface area contributed by atoms with Crippen LogP contribution < -0.4 is 0 Å². The molecule has 0 atom stereocenters. The van der Waals surface area contributed by atoms with Crippen LogP contribution in [0.2, 0.25) is 0 Å². The van der Waals surface area contributed by atoms with E-state index in [0.29, 0.717) is 0 Å². The normalized spacial score (nSPS) is 9.93.